The fourth-order valence-electron chi connectivity index (χ4n) is 4.18. The molecule has 27 heavy (non-hydrogen) atoms. The van der Waals surface area contributed by atoms with E-state index in [1.165, 1.54) is 16.7 Å². The van der Waals surface area contributed by atoms with Crippen molar-refractivity contribution in [1.82, 2.24) is 4.90 Å². The van der Waals surface area contributed by atoms with Crippen LogP contribution in [0.3, 0.4) is 0 Å². The molecule has 0 heterocycles. The van der Waals surface area contributed by atoms with E-state index < -0.39 is 0 Å². The Labute approximate surface area is 163 Å². The highest BCUT2D eigenvalue weighted by Gasteiger charge is 2.33. The minimum absolute atomic E-state index is 0.0267. The van der Waals surface area contributed by atoms with Crippen LogP contribution in [0.25, 0.3) is 0 Å². The number of anilines is 1. The van der Waals surface area contributed by atoms with Crippen LogP contribution in [0.15, 0.2) is 48.5 Å². The molecular weight excluding hydrogens is 332 g/mol. The lowest BCUT2D eigenvalue weighted by Crippen LogP contribution is -2.49. The van der Waals surface area contributed by atoms with E-state index in [0.717, 1.165) is 31.4 Å². The molecule has 2 aromatic carbocycles. The molecule has 1 aliphatic rings. The van der Waals surface area contributed by atoms with Crippen molar-refractivity contribution in [1.29, 1.82) is 0 Å². The Morgan fingerprint density at radius 1 is 1.00 bits per heavy atom. The maximum absolute atomic E-state index is 13.2. The number of urea groups is 1. The number of hydrogen-bond donors (Lipinski definition) is 1. The van der Waals surface area contributed by atoms with E-state index >= 15 is 0 Å². The third kappa shape index (κ3) is 4.35. The highest BCUT2D eigenvalue weighted by atomic mass is 16.2. The van der Waals surface area contributed by atoms with Crippen LogP contribution in [0.5, 0.6) is 0 Å². The van der Waals surface area contributed by atoms with Gasteiger partial charge in [0.1, 0.15) is 0 Å². The summed E-state index contributed by atoms with van der Waals surface area (Å²) >= 11 is 0. The van der Waals surface area contributed by atoms with Gasteiger partial charge in [0.15, 0.2) is 0 Å². The molecule has 0 aromatic heterocycles. The predicted molar refractivity (Wildman–Crippen MR) is 113 cm³/mol. The SMILES string of the molecule is CCC(CC)N(C(=O)Nc1ccc(C(C)C)cc1)C1Cc2ccccc2C1. The van der Waals surface area contributed by atoms with Gasteiger partial charge in [-0.3, -0.25) is 0 Å². The Morgan fingerprint density at radius 3 is 2.04 bits per heavy atom. The molecule has 3 heteroatoms. The number of nitrogens with zero attached hydrogens (tertiary/aromatic N) is 1. The van der Waals surface area contributed by atoms with E-state index in [1.54, 1.807) is 0 Å². The largest absolute Gasteiger partial charge is 0.322 e. The van der Waals surface area contributed by atoms with Crippen LogP contribution in [0, 0.1) is 0 Å². The molecule has 1 N–H and O–H groups in total. The van der Waals surface area contributed by atoms with Crippen LogP contribution in [-0.2, 0) is 12.8 Å². The highest BCUT2D eigenvalue weighted by molar-refractivity contribution is 5.90. The average Bonchev–Trinajstić information content (AvgIpc) is 3.09. The third-order valence-electron chi connectivity index (χ3n) is 5.82. The van der Waals surface area contributed by atoms with Gasteiger partial charge < -0.3 is 10.2 Å². The number of benzene rings is 2. The predicted octanol–water partition coefficient (Wildman–Crippen LogP) is 6.00. The van der Waals surface area contributed by atoms with Crippen LogP contribution >= 0.6 is 0 Å². The van der Waals surface area contributed by atoms with Gasteiger partial charge in [0.05, 0.1) is 0 Å². The second-order valence-corrected chi connectivity index (χ2v) is 7.92. The van der Waals surface area contributed by atoms with Crippen LogP contribution < -0.4 is 5.32 Å². The molecule has 0 aliphatic heterocycles. The lowest BCUT2D eigenvalue weighted by atomic mass is 10.0. The zero-order valence-electron chi connectivity index (χ0n) is 17.0. The molecule has 0 saturated carbocycles. The second kappa shape index (κ2) is 8.60. The molecule has 0 unspecified atom stereocenters. The van der Waals surface area contributed by atoms with Gasteiger partial charge in [-0.1, -0.05) is 64.1 Å². The molecule has 0 spiro atoms. The van der Waals surface area contributed by atoms with Gasteiger partial charge in [0.25, 0.3) is 0 Å². The summed E-state index contributed by atoms with van der Waals surface area (Å²) in [5.41, 5.74) is 4.92. The maximum Gasteiger partial charge on any atom is 0.322 e. The molecule has 0 saturated heterocycles. The number of hydrogen-bond acceptors (Lipinski definition) is 1. The summed E-state index contributed by atoms with van der Waals surface area (Å²) in [7, 11) is 0. The van der Waals surface area contributed by atoms with Crippen LogP contribution in [0.1, 0.15) is 63.1 Å². The summed E-state index contributed by atoms with van der Waals surface area (Å²) in [5.74, 6) is 0.493. The van der Waals surface area contributed by atoms with Crippen molar-refractivity contribution in [2.24, 2.45) is 0 Å². The summed E-state index contributed by atoms with van der Waals surface area (Å²) in [4.78, 5) is 15.4. The van der Waals surface area contributed by atoms with Crippen molar-refractivity contribution in [3.63, 3.8) is 0 Å². The first-order valence-electron chi connectivity index (χ1n) is 10.3. The fourth-order valence-corrected chi connectivity index (χ4v) is 4.18. The lowest BCUT2D eigenvalue weighted by molar-refractivity contribution is 0.152. The molecule has 0 bridgehead atoms. The first kappa shape index (κ1) is 19.5. The van der Waals surface area contributed by atoms with Crippen molar-refractivity contribution in [2.75, 3.05) is 5.32 Å². The van der Waals surface area contributed by atoms with Gasteiger partial charge in [-0.05, 0) is 60.4 Å². The second-order valence-electron chi connectivity index (χ2n) is 7.92. The molecule has 3 rings (SSSR count). The Morgan fingerprint density at radius 2 is 1.56 bits per heavy atom. The first-order chi connectivity index (χ1) is 13.0. The number of nitrogens with one attached hydrogen (secondary N) is 1. The molecule has 3 nitrogen and oxygen atoms in total. The van der Waals surface area contributed by atoms with Crippen molar-refractivity contribution >= 4 is 11.7 Å². The fraction of sp³-hybridized carbons (Fsp3) is 0.458. The van der Waals surface area contributed by atoms with Crippen LogP contribution in [-0.4, -0.2) is 23.0 Å². The standard InChI is InChI=1S/C24H32N2O/c1-5-22(6-2)26(23-15-19-9-7-8-10-20(19)16-23)24(27)25-21-13-11-18(12-14-21)17(3)4/h7-14,17,22-23H,5-6,15-16H2,1-4H3,(H,25,27). The van der Waals surface area contributed by atoms with Gasteiger partial charge in [0.2, 0.25) is 0 Å². The third-order valence-corrected chi connectivity index (χ3v) is 5.82. The van der Waals surface area contributed by atoms with Crippen molar-refractivity contribution in [3.8, 4) is 0 Å². The Bertz CT molecular complexity index is 737. The highest BCUT2D eigenvalue weighted by Crippen LogP contribution is 2.29. The number of fused-ring (bicyclic) bond motifs is 1. The molecule has 144 valence electrons. The lowest BCUT2D eigenvalue weighted by Gasteiger charge is -2.36. The molecule has 2 amide bonds. The average molecular weight is 365 g/mol. The van der Waals surface area contributed by atoms with E-state index in [2.05, 4.69) is 74.3 Å². The summed E-state index contributed by atoms with van der Waals surface area (Å²) in [6, 6.07) is 17.4. The van der Waals surface area contributed by atoms with Gasteiger partial charge in [-0.15, -0.1) is 0 Å². The minimum Gasteiger partial charge on any atom is -0.318 e. The van der Waals surface area contributed by atoms with E-state index in [9.17, 15) is 4.79 Å². The zero-order chi connectivity index (χ0) is 19.4. The Kier molecular flexibility index (Phi) is 6.20. The van der Waals surface area contributed by atoms with Gasteiger partial charge in [-0.25, -0.2) is 4.79 Å². The van der Waals surface area contributed by atoms with E-state index in [0.29, 0.717) is 5.92 Å². The zero-order valence-corrected chi connectivity index (χ0v) is 17.0. The van der Waals surface area contributed by atoms with Crippen molar-refractivity contribution < 1.29 is 4.79 Å². The molecule has 0 atom stereocenters. The summed E-state index contributed by atoms with van der Waals surface area (Å²) in [5, 5.41) is 3.15. The number of carbonyl (C=O) groups excluding carboxylic acids is 1. The normalized spacial score (nSPS) is 13.9. The number of rotatable bonds is 6. The summed E-state index contributed by atoms with van der Waals surface area (Å²) < 4.78 is 0. The number of amides is 2. The quantitative estimate of drug-likeness (QED) is 0.670. The van der Waals surface area contributed by atoms with Gasteiger partial charge >= 0.3 is 6.03 Å². The van der Waals surface area contributed by atoms with E-state index in [1.807, 2.05) is 12.1 Å². The van der Waals surface area contributed by atoms with Gasteiger partial charge in [-0.2, -0.15) is 0 Å². The molecule has 0 radical (unpaired) electrons. The van der Waals surface area contributed by atoms with E-state index in [4.69, 9.17) is 0 Å². The monoisotopic (exact) mass is 364 g/mol. The molecule has 1 aliphatic carbocycles. The van der Waals surface area contributed by atoms with E-state index in [-0.39, 0.29) is 18.1 Å². The number of carbonyl (C=O) groups is 1. The van der Waals surface area contributed by atoms with Crippen LogP contribution in [0.2, 0.25) is 0 Å². The summed E-state index contributed by atoms with van der Waals surface area (Å²) in [6.07, 6.45) is 3.85. The minimum atomic E-state index is 0.0267. The molecule has 0 fully saturated rings. The Balaban J connectivity index is 1.78. The Hall–Kier alpha value is -2.29. The molecular formula is C24H32N2O. The summed E-state index contributed by atoms with van der Waals surface area (Å²) in [6.45, 7) is 8.71. The first-order valence-corrected chi connectivity index (χ1v) is 10.3. The van der Waals surface area contributed by atoms with Crippen molar-refractivity contribution in [2.45, 2.75) is 71.4 Å². The molecule has 2 aromatic rings. The van der Waals surface area contributed by atoms with Gasteiger partial charge in [0, 0.05) is 17.8 Å². The van der Waals surface area contributed by atoms with Crippen LogP contribution in [0.4, 0.5) is 10.5 Å². The maximum atomic E-state index is 13.2. The topological polar surface area (TPSA) is 32.3 Å². The smallest absolute Gasteiger partial charge is 0.318 e. The van der Waals surface area contributed by atoms with Crippen molar-refractivity contribution in [3.05, 3.63) is 65.2 Å².